The summed E-state index contributed by atoms with van der Waals surface area (Å²) in [5.74, 6) is 0. The maximum atomic E-state index is 6.24. The Balaban J connectivity index is 0.000000164. The third kappa shape index (κ3) is 8.97. The number of benzene rings is 3. The van der Waals surface area contributed by atoms with E-state index >= 15 is 0 Å². The van der Waals surface area contributed by atoms with Crippen molar-refractivity contribution < 1.29 is 18.9 Å². The summed E-state index contributed by atoms with van der Waals surface area (Å²) >= 11 is -2.44. The van der Waals surface area contributed by atoms with Gasteiger partial charge in [-0.05, 0) is 0 Å². The molecule has 0 saturated carbocycles. The molecule has 0 unspecified atom stereocenters. The summed E-state index contributed by atoms with van der Waals surface area (Å²) in [6, 6.07) is 41.9. The van der Waals surface area contributed by atoms with E-state index in [4.69, 9.17) is 17.0 Å². The molecule has 0 amide bonds. The fraction of sp³-hybridized carbons (Fsp3) is 0.182. The van der Waals surface area contributed by atoms with Crippen LogP contribution in [0.4, 0.5) is 0 Å². The average molecular weight is 653 g/mol. The zero-order valence-electron chi connectivity index (χ0n) is 23.3. The number of hydrogen-bond acceptors (Lipinski definition) is 0. The predicted molar refractivity (Wildman–Crippen MR) is 175 cm³/mol. The Bertz CT molecular complexity index is 1330. The second-order valence-electron chi connectivity index (χ2n) is 11.4. The molecule has 0 radical (unpaired) electrons. The number of hydrogen-bond donors (Lipinski definition) is 0. The molecule has 5 aromatic rings. The first-order valence-corrected chi connectivity index (χ1v) is 27.6. The molecule has 0 spiro atoms. The minimum absolute atomic E-state index is 1.10. The van der Waals surface area contributed by atoms with Gasteiger partial charge in [0.1, 0.15) is 0 Å². The van der Waals surface area contributed by atoms with Gasteiger partial charge < -0.3 is 0 Å². The third-order valence-corrected chi connectivity index (χ3v) is 15.2. The second kappa shape index (κ2) is 14.1. The average Bonchev–Trinajstić information content (AvgIpc) is 3.56. The molecule has 0 aliphatic rings. The molecular weight excluding hydrogens is 615 g/mol. The molecule has 0 heterocycles. The molecule has 0 saturated heterocycles. The van der Waals surface area contributed by atoms with Crippen molar-refractivity contribution in [3.63, 3.8) is 0 Å². The molecule has 0 fully saturated rings. The first-order chi connectivity index (χ1) is 18.0. The van der Waals surface area contributed by atoms with E-state index in [1.54, 1.807) is 10.4 Å². The van der Waals surface area contributed by atoms with Crippen LogP contribution in [0.15, 0.2) is 121 Å². The SMILES string of the molecule is C[Si](C)(C)c1c[cH-]cc1[Si](C)(C)C.[Cl][Zr]([Cl])=[C](c1ccccc1)c1ccccc1.c1ccc2[cH-]ccc2c1. The van der Waals surface area contributed by atoms with E-state index in [1.807, 2.05) is 36.4 Å². The topological polar surface area (TPSA) is 0 Å². The van der Waals surface area contributed by atoms with Crippen molar-refractivity contribution in [1.29, 1.82) is 0 Å². The third-order valence-electron chi connectivity index (χ3n) is 6.29. The van der Waals surface area contributed by atoms with Crippen LogP contribution in [0, 0.1) is 0 Å². The van der Waals surface area contributed by atoms with Crippen LogP contribution in [0.5, 0.6) is 0 Å². The molecule has 0 aromatic heterocycles. The van der Waals surface area contributed by atoms with Crippen LogP contribution in [0.1, 0.15) is 11.1 Å². The van der Waals surface area contributed by atoms with Crippen LogP contribution in [0.3, 0.4) is 0 Å². The van der Waals surface area contributed by atoms with E-state index in [9.17, 15) is 0 Å². The molecule has 0 nitrogen and oxygen atoms in total. The zero-order valence-corrected chi connectivity index (χ0v) is 29.3. The van der Waals surface area contributed by atoms with Gasteiger partial charge in [0, 0.05) is 16.1 Å². The fourth-order valence-electron chi connectivity index (χ4n) is 4.39. The molecule has 0 bridgehead atoms. The number of fused-ring (bicyclic) bond motifs is 1. The Kier molecular flexibility index (Phi) is 11.5. The Morgan fingerprint density at radius 2 is 1.05 bits per heavy atom. The van der Waals surface area contributed by atoms with Gasteiger partial charge in [-0.2, -0.15) is 35.7 Å². The standard InChI is InChI=1S/C13H10.C11H21Si2.C9H7.2ClH.Zr/c1-3-7-12(8-4-1)11-13-9-5-2-6-10-13;1-12(2,3)10-8-7-9-11(10)13(4,5)6;1-2-5-9-7-3-6-8(9)4-1;;;/h1-10H;7-9H,1-6H3;1-7H;2*1H;/q;2*-1;;;+2/p-2. The zero-order chi connectivity index (χ0) is 27.8. The van der Waals surface area contributed by atoms with E-state index in [0.29, 0.717) is 0 Å². The van der Waals surface area contributed by atoms with E-state index in [-0.39, 0.29) is 0 Å². The van der Waals surface area contributed by atoms with Gasteiger partial charge in [-0.25, -0.2) is 10.4 Å². The van der Waals surface area contributed by atoms with Gasteiger partial charge in [-0.1, -0.05) is 45.3 Å². The molecule has 0 aliphatic carbocycles. The van der Waals surface area contributed by atoms with Gasteiger partial charge in [-0.15, -0.1) is 29.7 Å². The quantitative estimate of drug-likeness (QED) is 0.134. The molecule has 5 rings (SSSR count). The van der Waals surface area contributed by atoms with Crippen LogP contribution >= 0.6 is 17.0 Å². The summed E-state index contributed by atoms with van der Waals surface area (Å²) in [6.07, 6.45) is 0. The summed E-state index contributed by atoms with van der Waals surface area (Å²) in [5.41, 5.74) is 2.29. The summed E-state index contributed by atoms with van der Waals surface area (Å²) in [7, 11) is 10.3. The van der Waals surface area contributed by atoms with Crippen molar-refractivity contribution in [3.05, 3.63) is 132 Å². The van der Waals surface area contributed by atoms with Gasteiger partial charge >= 0.3 is 111 Å². The van der Waals surface area contributed by atoms with Crippen molar-refractivity contribution in [1.82, 2.24) is 0 Å². The number of rotatable bonds is 4. The summed E-state index contributed by atoms with van der Waals surface area (Å²) in [6.45, 7) is 14.6. The van der Waals surface area contributed by atoms with Crippen LogP contribution < -0.4 is 10.4 Å². The molecule has 5 heteroatoms. The van der Waals surface area contributed by atoms with E-state index in [1.165, 1.54) is 10.8 Å². The van der Waals surface area contributed by atoms with Gasteiger partial charge in [0.05, 0.1) is 0 Å². The Labute approximate surface area is 246 Å². The van der Waals surface area contributed by atoms with Crippen molar-refractivity contribution in [2.75, 3.05) is 0 Å². The first kappa shape index (κ1) is 30.9. The minimum Gasteiger partial charge on any atom is -0.168 e. The molecular formula is C33H38Cl2Si2Zr-2. The second-order valence-corrected chi connectivity index (χ2v) is 29.6. The molecule has 0 N–H and O–H groups in total. The summed E-state index contributed by atoms with van der Waals surface area (Å²) in [5, 5.41) is 6.04. The van der Waals surface area contributed by atoms with Crippen LogP contribution in [0.25, 0.3) is 10.8 Å². The van der Waals surface area contributed by atoms with Crippen LogP contribution in [0.2, 0.25) is 39.3 Å². The van der Waals surface area contributed by atoms with Gasteiger partial charge in [0.2, 0.25) is 0 Å². The molecule has 38 heavy (non-hydrogen) atoms. The van der Waals surface area contributed by atoms with Gasteiger partial charge in [0.25, 0.3) is 0 Å². The minimum atomic E-state index is -2.44. The Morgan fingerprint density at radius 1 is 0.605 bits per heavy atom. The monoisotopic (exact) mass is 650 g/mol. The summed E-state index contributed by atoms with van der Waals surface area (Å²) in [4.78, 5) is 0. The predicted octanol–water partition coefficient (Wildman–Crippen LogP) is 9.24. The van der Waals surface area contributed by atoms with Crippen LogP contribution in [-0.4, -0.2) is 19.4 Å². The van der Waals surface area contributed by atoms with E-state index in [2.05, 4.69) is 124 Å². The first-order valence-electron chi connectivity index (χ1n) is 13.0. The Hall–Kier alpha value is -1.61. The smallest absolute Gasteiger partial charge is 0.0809 e. The van der Waals surface area contributed by atoms with Gasteiger partial charge in [0.15, 0.2) is 0 Å². The molecule has 0 atom stereocenters. The maximum Gasteiger partial charge on any atom is -0.0809 e. The van der Waals surface area contributed by atoms with Crippen molar-refractivity contribution in [3.8, 4) is 0 Å². The van der Waals surface area contributed by atoms with Crippen molar-refractivity contribution >= 4 is 57.5 Å². The molecule has 198 valence electrons. The number of halogens is 2. The normalized spacial score (nSPS) is 11.2. The molecule has 0 aliphatic heterocycles. The van der Waals surface area contributed by atoms with E-state index in [0.717, 1.165) is 14.3 Å². The van der Waals surface area contributed by atoms with Crippen LogP contribution in [-0.2, 0) is 18.9 Å². The Morgan fingerprint density at radius 3 is 1.47 bits per heavy atom. The maximum absolute atomic E-state index is 6.24. The van der Waals surface area contributed by atoms with Crippen molar-refractivity contribution in [2.24, 2.45) is 0 Å². The fourth-order valence-corrected chi connectivity index (χ4v) is 14.1. The summed E-state index contributed by atoms with van der Waals surface area (Å²) < 4.78 is 1.15. The van der Waals surface area contributed by atoms with Crippen molar-refractivity contribution in [2.45, 2.75) is 39.3 Å². The van der Waals surface area contributed by atoms with E-state index < -0.39 is 35.0 Å². The molecule has 5 aromatic carbocycles. The van der Waals surface area contributed by atoms with Gasteiger partial charge in [-0.3, -0.25) is 0 Å². The largest absolute Gasteiger partial charge is 0.168 e.